The quantitative estimate of drug-likeness (QED) is 0.267. The Kier molecular flexibility index (Phi) is 5.44. The number of rotatable bonds is 4. The molecule has 0 spiro atoms. The van der Waals surface area contributed by atoms with Crippen molar-refractivity contribution in [1.29, 1.82) is 0 Å². The number of hydrogen-bond donors (Lipinski definition) is 1. The molecule has 3 aromatic carbocycles. The molecule has 0 radical (unpaired) electrons. The van der Waals surface area contributed by atoms with Gasteiger partial charge in [0.2, 0.25) is 0 Å². The van der Waals surface area contributed by atoms with Gasteiger partial charge in [-0.25, -0.2) is 0 Å². The van der Waals surface area contributed by atoms with Crippen LogP contribution in [0.3, 0.4) is 0 Å². The molecule has 1 amide bonds. The molecule has 1 heterocycles. The monoisotopic (exact) mass is 431 g/mol. The summed E-state index contributed by atoms with van der Waals surface area (Å²) in [7, 11) is 0. The molecule has 0 aromatic heterocycles. The minimum absolute atomic E-state index is 0.00540. The van der Waals surface area contributed by atoms with Gasteiger partial charge in [-0.15, -0.1) is 0 Å². The second-order valence-electron chi connectivity index (χ2n) is 7.19. The van der Waals surface area contributed by atoms with Crippen molar-refractivity contribution in [1.82, 2.24) is 0 Å². The lowest BCUT2D eigenvalue weighted by molar-refractivity contribution is -0.132. The van der Waals surface area contributed by atoms with Crippen LogP contribution in [0.15, 0.2) is 84.4 Å². The van der Waals surface area contributed by atoms with E-state index in [2.05, 4.69) is 0 Å². The van der Waals surface area contributed by atoms with Crippen LogP contribution in [-0.4, -0.2) is 22.6 Å². The Balaban J connectivity index is 1.90. The maximum absolute atomic E-state index is 13.1. The number of aliphatic hydroxyl groups is 1. The van der Waals surface area contributed by atoms with Crippen LogP contribution in [0.5, 0.6) is 0 Å². The van der Waals surface area contributed by atoms with Gasteiger partial charge in [0, 0.05) is 21.8 Å². The number of hydrogen-bond acceptors (Lipinski definition) is 4. The summed E-state index contributed by atoms with van der Waals surface area (Å²) in [5.74, 6) is -1.90. The summed E-state index contributed by atoms with van der Waals surface area (Å²) >= 11 is 5.94. The summed E-state index contributed by atoms with van der Waals surface area (Å²) < 4.78 is 0. The van der Waals surface area contributed by atoms with Gasteiger partial charge in [0.05, 0.1) is 11.6 Å². The zero-order chi connectivity index (χ0) is 22.1. The summed E-state index contributed by atoms with van der Waals surface area (Å²) in [4.78, 5) is 39.1. The van der Waals surface area contributed by atoms with Gasteiger partial charge in [-0.1, -0.05) is 41.9 Å². The molecule has 154 valence electrons. The van der Waals surface area contributed by atoms with E-state index in [4.69, 9.17) is 11.6 Å². The molecule has 1 fully saturated rings. The maximum atomic E-state index is 13.1. The van der Waals surface area contributed by atoms with Crippen LogP contribution in [-0.2, 0) is 9.59 Å². The van der Waals surface area contributed by atoms with Crippen LogP contribution < -0.4 is 4.90 Å². The number of ketones is 2. The van der Waals surface area contributed by atoms with Crippen LogP contribution in [0.4, 0.5) is 5.69 Å². The lowest BCUT2D eigenvalue weighted by Crippen LogP contribution is -2.29. The summed E-state index contributed by atoms with van der Waals surface area (Å²) in [6.07, 6.45) is 0. The highest BCUT2D eigenvalue weighted by Gasteiger charge is 2.46. The molecule has 1 saturated heterocycles. The van der Waals surface area contributed by atoms with Crippen LogP contribution in [0, 0.1) is 0 Å². The van der Waals surface area contributed by atoms with Gasteiger partial charge in [-0.05, 0) is 61.0 Å². The molecule has 4 rings (SSSR count). The molecule has 0 bridgehead atoms. The van der Waals surface area contributed by atoms with Gasteiger partial charge in [-0.2, -0.15) is 0 Å². The molecule has 0 saturated carbocycles. The number of carbonyl (C=O) groups excluding carboxylic acids is 3. The third kappa shape index (κ3) is 3.76. The zero-order valence-corrected chi connectivity index (χ0v) is 17.3. The number of aliphatic hydroxyl groups excluding tert-OH is 1. The number of nitrogens with zero attached hydrogens (tertiary/aromatic N) is 1. The molecule has 0 aliphatic carbocycles. The van der Waals surface area contributed by atoms with Gasteiger partial charge in [0.25, 0.3) is 11.7 Å². The first-order chi connectivity index (χ1) is 14.9. The van der Waals surface area contributed by atoms with Crippen molar-refractivity contribution in [3.8, 4) is 0 Å². The first-order valence-electron chi connectivity index (χ1n) is 9.61. The number of carbonyl (C=O) groups is 3. The molecule has 1 aliphatic rings. The summed E-state index contributed by atoms with van der Waals surface area (Å²) in [6, 6.07) is 21.1. The Morgan fingerprint density at radius 2 is 1.45 bits per heavy atom. The number of halogens is 1. The summed E-state index contributed by atoms with van der Waals surface area (Å²) in [5, 5.41) is 11.5. The lowest BCUT2D eigenvalue weighted by atomic mass is 9.95. The predicted octanol–water partition coefficient (Wildman–Crippen LogP) is 5.17. The molecule has 1 N–H and O–H groups in total. The summed E-state index contributed by atoms with van der Waals surface area (Å²) in [6.45, 7) is 1.46. The van der Waals surface area contributed by atoms with Crippen molar-refractivity contribution in [2.45, 2.75) is 13.0 Å². The van der Waals surface area contributed by atoms with Crippen molar-refractivity contribution in [3.63, 3.8) is 0 Å². The third-order valence-corrected chi connectivity index (χ3v) is 5.48. The van der Waals surface area contributed by atoms with E-state index < -0.39 is 17.7 Å². The Hall–Kier alpha value is -3.70. The Bertz CT molecular complexity index is 1200. The fraction of sp³-hybridized carbons (Fsp3) is 0.0800. The minimum Gasteiger partial charge on any atom is -0.507 e. The SMILES string of the molecule is CC(=O)c1ccc(N2C(=O)C(=O)C(=C(O)c3ccc(Cl)cc3)[C@@H]2c2ccccc2)cc1. The van der Waals surface area contributed by atoms with Crippen LogP contribution in [0.25, 0.3) is 5.76 Å². The van der Waals surface area contributed by atoms with Crippen LogP contribution in [0.1, 0.15) is 34.5 Å². The van der Waals surface area contributed by atoms with Crippen molar-refractivity contribution in [2.24, 2.45) is 0 Å². The highest BCUT2D eigenvalue weighted by atomic mass is 35.5. The van der Waals surface area contributed by atoms with Gasteiger partial charge in [0.15, 0.2) is 5.78 Å². The Labute approximate surface area is 184 Å². The van der Waals surface area contributed by atoms with E-state index in [0.29, 0.717) is 27.4 Å². The lowest BCUT2D eigenvalue weighted by Gasteiger charge is -2.25. The normalized spacial score (nSPS) is 17.7. The van der Waals surface area contributed by atoms with E-state index in [0.717, 1.165) is 0 Å². The van der Waals surface area contributed by atoms with Crippen LogP contribution in [0.2, 0.25) is 5.02 Å². The standard InChI is InChI=1S/C25H18ClNO4/c1-15(28)16-9-13-20(14-10-16)27-22(17-5-3-2-4-6-17)21(24(30)25(27)31)23(29)18-7-11-19(26)12-8-18/h2-14,22,29H,1H3/t22-/m0/s1. The number of amides is 1. The molecule has 0 unspecified atom stereocenters. The maximum Gasteiger partial charge on any atom is 0.300 e. The van der Waals surface area contributed by atoms with Crippen molar-refractivity contribution in [2.75, 3.05) is 4.90 Å². The first-order valence-corrected chi connectivity index (χ1v) is 9.99. The van der Waals surface area contributed by atoms with E-state index in [1.807, 2.05) is 6.07 Å². The first kappa shape index (κ1) is 20.6. The van der Waals surface area contributed by atoms with Gasteiger partial charge in [-0.3, -0.25) is 19.3 Å². The highest BCUT2D eigenvalue weighted by molar-refractivity contribution is 6.51. The number of anilines is 1. The highest BCUT2D eigenvalue weighted by Crippen LogP contribution is 2.42. The number of benzene rings is 3. The smallest absolute Gasteiger partial charge is 0.300 e. The van der Waals surface area contributed by atoms with Gasteiger partial charge < -0.3 is 5.11 Å². The fourth-order valence-corrected chi connectivity index (χ4v) is 3.80. The average molecular weight is 432 g/mol. The molecule has 5 nitrogen and oxygen atoms in total. The molecule has 31 heavy (non-hydrogen) atoms. The average Bonchev–Trinajstić information content (AvgIpc) is 3.05. The molecular weight excluding hydrogens is 414 g/mol. The van der Waals surface area contributed by atoms with E-state index >= 15 is 0 Å². The number of Topliss-reactive ketones (excluding diaryl/α,β-unsaturated/α-hetero) is 2. The second-order valence-corrected chi connectivity index (χ2v) is 7.63. The van der Waals surface area contributed by atoms with E-state index in [-0.39, 0.29) is 17.1 Å². The van der Waals surface area contributed by atoms with E-state index in [1.54, 1.807) is 72.8 Å². The molecule has 1 atom stereocenters. The van der Waals surface area contributed by atoms with E-state index in [9.17, 15) is 19.5 Å². The fourth-order valence-electron chi connectivity index (χ4n) is 3.67. The van der Waals surface area contributed by atoms with Crippen LogP contribution >= 0.6 is 11.6 Å². The molecular formula is C25H18ClNO4. The zero-order valence-electron chi connectivity index (χ0n) is 16.6. The predicted molar refractivity (Wildman–Crippen MR) is 119 cm³/mol. The molecule has 3 aromatic rings. The molecule has 6 heteroatoms. The van der Waals surface area contributed by atoms with Gasteiger partial charge in [0.1, 0.15) is 5.76 Å². The Morgan fingerprint density at radius 1 is 0.871 bits per heavy atom. The van der Waals surface area contributed by atoms with Crippen molar-refractivity contribution >= 4 is 40.5 Å². The van der Waals surface area contributed by atoms with E-state index in [1.165, 1.54) is 11.8 Å². The Morgan fingerprint density at radius 3 is 2.03 bits per heavy atom. The minimum atomic E-state index is -0.819. The topological polar surface area (TPSA) is 74.7 Å². The molecule has 1 aliphatic heterocycles. The van der Waals surface area contributed by atoms with Crippen molar-refractivity contribution < 1.29 is 19.5 Å². The second kappa shape index (κ2) is 8.20. The van der Waals surface area contributed by atoms with Crippen molar-refractivity contribution in [3.05, 3.63) is 106 Å². The van der Waals surface area contributed by atoms with Gasteiger partial charge >= 0.3 is 0 Å². The summed E-state index contributed by atoms with van der Waals surface area (Å²) in [5.41, 5.74) is 2.01. The third-order valence-electron chi connectivity index (χ3n) is 5.23. The largest absolute Gasteiger partial charge is 0.507 e.